The molecule has 0 spiro atoms. The number of fused-ring (bicyclic) bond motifs is 1. The lowest BCUT2D eigenvalue weighted by atomic mass is 9.95. The molecule has 0 saturated carbocycles. The number of aromatic nitrogens is 1. The van der Waals surface area contributed by atoms with Crippen LogP contribution in [0.3, 0.4) is 0 Å². The Hall–Kier alpha value is -1.87. The maximum atomic E-state index is 4.50. The highest BCUT2D eigenvalue weighted by Gasteiger charge is 2.19. The molecule has 0 unspecified atom stereocenters. The molecule has 3 heteroatoms. The lowest BCUT2D eigenvalue weighted by Gasteiger charge is -2.26. The molecule has 1 N–H and O–H groups in total. The maximum Gasteiger partial charge on any atom is 0.117 e. The van der Waals surface area contributed by atoms with Crippen LogP contribution in [0.25, 0.3) is 10.9 Å². The SMILES string of the molecule is CC(C)(CCc1ccccc1)Nc1snc2ccccc12. The van der Waals surface area contributed by atoms with E-state index in [4.69, 9.17) is 0 Å². The summed E-state index contributed by atoms with van der Waals surface area (Å²) in [6.45, 7) is 4.51. The molecule has 21 heavy (non-hydrogen) atoms. The Morgan fingerprint density at radius 1 is 1.00 bits per heavy atom. The van der Waals surface area contributed by atoms with Crippen molar-refractivity contribution in [1.82, 2.24) is 4.37 Å². The van der Waals surface area contributed by atoms with E-state index in [1.807, 2.05) is 6.07 Å². The van der Waals surface area contributed by atoms with Gasteiger partial charge in [0.15, 0.2) is 0 Å². The van der Waals surface area contributed by atoms with E-state index < -0.39 is 0 Å². The van der Waals surface area contributed by atoms with Gasteiger partial charge in [-0.05, 0) is 55.9 Å². The third-order valence-electron chi connectivity index (χ3n) is 3.72. The summed E-state index contributed by atoms with van der Waals surface area (Å²) >= 11 is 1.55. The highest BCUT2D eigenvalue weighted by Crippen LogP contribution is 2.31. The van der Waals surface area contributed by atoms with Crippen molar-refractivity contribution >= 4 is 27.4 Å². The fourth-order valence-corrected chi connectivity index (χ4v) is 3.39. The summed E-state index contributed by atoms with van der Waals surface area (Å²) in [6, 6.07) is 19.0. The molecule has 0 amide bonds. The summed E-state index contributed by atoms with van der Waals surface area (Å²) in [4.78, 5) is 0. The summed E-state index contributed by atoms with van der Waals surface area (Å²) in [7, 11) is 0. The minimum absolute atomic E-state index is 0.0468. The Labute approximate surface area is 130 Å². The number of anilines is 1. The monoisotopic (exact) mass is 296 g/mol. The molecular formula is C18H20N2S. The van der Waals surface area contributed by atoms with Gasteiger partial charge in [-0.15, -0.1) is 0 Å². The van der Waals surface area contributed by atoms with Crippen molar-refractivity contribution in [1.29, 1.82) is 0 Å². The second-order valence-electron chi connectivity index (χ2n) is 6.02. The van der Waals surface area contributed by atoms with E-state index in [1.54, 1.807) is 11.5 Å². The van der Waals surface area contributed by atoms with E-state index >= 15 is 0 Å². The van der Waals surface area contributed by atoms with Crippen LogP contribution in [-0.4, -0.2) is 9.91 Å². The first-order chi connectivity index (χ1) is 10.1. The van der Waals surface area contributed by atoms with Crippen molar-refractivity contribution in [2.75, 3.05) is 5.32 Å². The number of nitrogens with zero attached hydrogens (tertiary/aromatic N) is 1. The number of aryl methyl sites for hydroxylation is 1. The molecule has 3 rings (SSSR count). The van der Waals surface area contributed by atoms with Crippen LogP contribution in [0.5, 0.6) is 0 Å². The average molecular weight is 296 g/mol. The van der Waals surface area contributed by atoms with Gasteiger partial charge in [-0.3, -0.25) is 0 Å². The zero-order valence-electron chi connectivity index (χ0n) is 12.5. The molecule has 0 aliphatic rings. The van der Waals surface area contributed by atoms with E-state index in [-0.39, 0.29) is 5.54 Å². The number of hydrogen-bond donors (Lipinski definition) is 1. The van der Waals surface area contributed by atoms with Crippen molar-refractivity contribution in [2.45, 2.75) is 32.2 Å². The zero-order chi connectivity index (χ0) is 14.7. The normalized spacial score (nSPS) is 11.7. The van der Waals surface area contributed by atoms with E-state index in [0.717, 1.165) is 18.4 Å². The molecule has 0 atom stereocenters. The number of rotatable bonds is 5. The topological polar surface area (TPSA) is 24.9 Å². The van der Waals surface area contributed by atoms with Gasteiger partial charge in [0.1, 0.15) is 5.00 Å². The van der Waals surface area contributed by atoms with Gasteiger partial charge in [0.2, 0.25) is 0 Å². The van der Waals surface area contributed by atoms with Gasteiger partial charge in [-0.25, -0.2) is 0 Å². The molecule has 0 aliphatic heterocycles. The summed E-state index contributed by atoms with van der Waals surface area (Å²) < 4.78 is 4.50. The van der Waals surface area contributed by atoms with Crippen molar-refractivity contribution in [3.8, 4) is 0 Å². The van der Waals surface area contributed by atoms with Crippen LogP contribution < -0.4 is 5.32 Å². The Morgan fingerprint density at radius 2 is 1.71 bits per heavy atom. The molecule has 2 aromatic carbocycles. The van der Waals surface area contributed by atoms with Gasteiger partial charge in [0.25, 0.3) is 0 Å². The van der Waals surface area contributed by atoms with Crippen LogP contribution >= 0.6 is 11.5 Å². The molecule has 0 bridgehead atoms. The van der Waals surface area contributed by atoms with Crippen LogP contribution in [-0.2, 0) is 6.42 Å². The van der Waals surface area contributed by atoms with Gasteiger partial charge < -0.3 is 5.32 Å². The highest BCUT2D eigenvalue weighted by atomic mass is 32.1. The molecule has 108 valence electrons. The summed E-state index contributed by atoms with van der Waals surface area (Å²) in [6.07, 6.45) is 2.17. The predicted octanol–water partition coefficient (Wildman–Crippen LogP) is 5.12. The number of benzene rings is 2. The quantitative estimate of drug-likeness (QED) is 0.707. The molecule has 0 fully saturated rings. The lowest BCUT2D eigenvalue weighted by Crippen LogP contribution is -2.31. The number of nitrogens with one attached hydrogen (secondary N) is 1. The molecular weight excluding hydrogens is 276 g/mol. The van der Waals surface area contributed by atoms with Crippen LogP contribution in [0, 0.1) is 0 Å². The van der Waals surface area contributed by atoms with E-state index in [2.05, 4.69) is 72.1 Å². The first-order valence-corrected chi connectivity index (χ1v) is 8.08. The van der Waals surface area contributed by atoms with Gasteiger partial charge in [-0.2, -0.15) is 4.37 Å². The molecule has 2 nitrogen and oxygen atoms in total. The molecule has 0 radical (unpaired) electrons. The molecule has 0 aliphatic carbocycles. The Kier molecular flexibility index (Phi) is 3.93. The standard InChI is InChI=1S/C18H20N2S/c1-18(2,13-12-14-8-4-3-5-9-14)19-17-15-10-6-7-11-16(15)20-21-17/h3-11,19H,12-13H2,1-2H3. The van der Waals surface area contributed by atoms with Crippen LogP contribution in [0.2, 0.25) is 0 Å². The Bertz CT molecular complexity index is 716. The van der Waals surface area contributed by atoms with Gasteiger partial charge in [0, 0.05) is 10.9 Å². The van der Waals surface area contributed by atoms with Gasteiger partial charge in [0.05, 0.1) is 5.52 Å². The van der Waals surface area contributed by atoms with E-state index in [0.29, 0.717) is 0 Å². The van der Waals surface area contributed by atoms with Gasteiger partial charge in [-0.1, -0.05) is 42.5 Å². The fourth-order valence-electron chi connectivity index (χ4n) is 2.45. The van der Waals surface area contributed by atoms with Crippen molar-refractivity contribution in [3.05, 3.63) is 60.2 Å². The van der Waals surface area contributed by atoms with Gasteiger partial charge >= 0.3 is 0 Å². The minimum Gasteiger partial charge on any atom is -0.370 e. The fraction of sp³-hybridized carbons (Fsp3) is 0.278. The molecule has 3 aromatic rings. The lowest BCUT2D eigenvalue weighted by molar-refractivity contribution is 0.520. The minimum atomic E-state index is 0.0468. The molecule has 1 heterocycles. The highest BCUT2D eigenvalue weighted by molar-refractivity contribution is 7.11. The van der Waals surface area contributed by atoms with Crippen LogP contribution in [0.4, 0.5) is 5.00 Å². The second-order valence-corrected chi connectivity index (χ2v) is 6.80. The first kappa shape index (κ1) is 14.1. The third kappa shape index (κ3) is 3.42. The predicted molar refractivity (Wildman–Crippen MR) is 92.1 cm³/mol. The molecule has 1 aromatic heterocycles. The van der Waals surface area contributed by atoms with Crippen LogP contribution in [0.15, 0.2) is 54.6 Å². The van der Waals surface area contributed by atoms with Crippen molar-refractivity contribution in [2.24, 2.45) is 0 Å². The van der Waals surface area contributed by atoms with Crippen molar-refractivity contribution in [3.63, 3.8) is 0 Å². The Morgan fingerprint density at radius 3 is 2.52 bits per heavy atom. The summed E-state index contributed by atoms with van der Waals surface area (Å²) in [5.41, 5.74) is 2.51. The Balaban J connectivity index is 1.70. The van der Waals surface area contributed by atoms with E-state index in [1.165, 1.54) is 16.0 Å². The smallest absolute Gasteiger partial charge is 0.117 e. The zero-order valence-corrected chi connectivity index (χ0v) is 13.3. The summed E-state index contributed by atoms with van der Waals surface area (Å²) in [5.74, 6) is 0. The summed E-state index contributed by atoms with van der Waals surface area (Å²) in [5, 5.41) is 6.06. The average Bonchev–Trinajstić information content (AvgIpc) is 2.89. The second kappa shape index (κ2) is 5.86. The van der Waals surface area contributed by atoms with Crippen molar-refractivity contribution < 1.29 is 0 Å². The third-order valence-corrected chi connectivity index (χ3v) is 4.51. The largest absolute Gasteiger partial charge is 0.370 e. The van der Waals surface area contributed by atoms with Crippen LogP contribution in [0.1, 0.15) is 25.8 Å². The molecule has 0 saturated heterocycles. The maximum absolute atomic E-state index is 4.50. The number of hydrogen-bond acceptors (Lipinski definition) is 3. The first-order valence-electron chi connectivity index (χ1n) is 7.31. The van der Waals surface area contributed by atoms with E-state index in [9.17, 15) is 0 Å².